The van der Waals surface area contributed by atoms with Crippen molar-refractivity contribution in [3.05, 3.63) is 81.0 Å². The highest BCUT2D eigenvalue weighted by Gasteiger charge is 2.17. The lowest BCUT2D eigenvalue weighted by molar-refractivity contribution is 0.291. The number of halogens is 2. The fraction of sp³-hybridized carbons (Fsp3) is 0.105. The topological polar surface area (TPSA) is 72.3 Å². The van der Waals surface area contributed by atoms with Gasteiger partial charge in [0.25, 0.3) is 5.78 Å². The van der Waals surface area contributed by atoms with Crippen molar-refractivity contribution >= 4 is 17.4 Å². The number of benzene rings is 2. The maximum atomic E-state index is 14.5. The van der Waals surface area contributed by atoms with Crippen LogP contribution in [-0.4, -0.2) is 19.6 Å². The monoisotopic (exact) mass is 384 g/mol. The standard InChI is InChI=1S/C19H14ClFN4O2/c1-11-13(20)8-5-9-15(11)27-10-14-16(21)18(26)25-19(22-14)23-17(24-25)12-6-3-2-4-7-12/h2-9H,10H2,1H3,(H,22,23,24). The molecule has 27 heavy (non-hydrogen) atoms. The molecule has 2 aromatic carbocycles. The molecule has 0 aliphatic carbocycles. The molecule has 0 spiro atoms. The highest BCUT2D eigenvalue weighted by atomic mass is 35.5. The number of nitrogens with one attached hydrogen (secondary N) is 1. The number of hydrogen-bond donors (Lipinski definition) is 1. The minimum absolute atomic E-state index is 0.0710. The summed E-state index contributed by atoms with van der Waals surface area (Å²) in [5.41, 5.74) is 0.500. The van der Waals surface area contributed by atoms with Crippen molar-refractivity contribution in [2.24, 2.45) is 0 Å². The van der Waals surface area contributed by atoms with Crippen molar-refractivity contribution in [3.8, 4) is 17.1 Å². The van der Waals surface area contributed by atoms with E-state index < -0.39 is 11.4 Å². The molecule has 0 aliphatic heterocycles. The van der Waals surface area contributed by atoms with E-state index in [0.717, 1.165) is 15.6 Å². The first-order valence-electron chi connectivity index (χ1n) is 8.15. The summed E-state index contributed by atoms with van der Waals surface area (Å²) in [6.07, 6.45) is 0. The van der Waals surface area contributed by atoms with Gasteiger partial charge >= 0.3 is 5.56 Å². The van der Waals surface area contributed by atoms with Crippen LogP contribution in [0.25, 0.3) is 17.2 Å². The van der Waals surface area contributed by atoms with Crippen molar-refractivity contribution in [3.63, 3.8) is 0 Å². The van der Waals surface area contributed by atoms with Gasteiger partial charge in [-0.2, -0.15) is 13.9 Å². The second-order valence-corrected chi connectivity index (χ2v) is 6.31. The molecule has 6 nitrogen and oxygen atoms in total. The van der Waals surface area contributed by atoms with Crippen LogP contribution < -0.4 is 10.3 Å². The first-order valence-corrected chi connectivity index (χ1v) is 8.53. The van der Waals surface area contributed by atoms with E-state index >= 15 is 0 Å². The normalized spacial score (nSPS) is 11.1. The molecule has 0 unspecified atom stereocenters. The highest BCUT2D eigenvalue weighted by molar-refractivity contribution is 6.31. The lowest BCUT2D eigenvalue weighted by atomic mass is 10.2. The van der Waals surface area contributed by atoms with Gasteiger partial charge in [0.05, 0.1) is 0 Å². The Kier molecular flexibility index (Phi) is 4.37. The number of fused-ring (bicyclic) bond motifs is 1. The van der Waals surface area contributed by atoms with Crippen LogP contribution >= 0.6 is 11.6 Å². The average molecular weight is 385 g/mol. The minimum atomic E-state index is -0.990. The average Bonchev–Trinajstić information content (AvgIpc) is 3.11. The molecular formula is C19H14ClFN4O2. The SMILES string of the molecule is Cc1c(Cl)cccc1OCc1nc2nc(-c3ccccc3)[nH]n2c(=O)c1F. The minimum Gasteiger partial charge on any atom is -0.487 e. The Morgan fingerprint density at radius 1 is 1.15 bits per heavy atom. The van der Waals surface area contributed by atoms with Crippen LogP contribution in [-0.2, 0) is 6.61 Å². The van der Waals surface area contributed by atoms with Crippen LogP contribution in [0.15, 0.2) is 53.3 Å². The van der Waals surface area contributed by atoms with Gasteiger partial charge in [-0.05, 0) is 19.1 Å². The molecule has 2 heterocycles. The van der Waals surface area contributed by atoms with E-state index in [9.17, 15) is 9.18 Å². The summed E-state index contributed by atoms with van der Waals surface area (Å²) in [5.74, 6) is -0.00336. The van der Waals surface area contributed by atoms with Crippen LogP contribution in [0.2, 0.25) is 5.02 Å². The molecule has 4 aromatic rings. The van der Waals surface area contributed by atoms with E-state index in [4.69, 9.17) is 16.3 Å². The number of H-pyrrole nitrogens is 1. The Hall–Kier alpha value is -3.19. The Labute approximate surface area is 158 Å². The second-order valence-electron chi connectivity index (χ2n) is 5.90. The van der Waals surface area contributed by atoms with Gasteiger partial charge < -0.3 is 4.74 Å². The summed E-state index contributed by atoms with van der Waals surface area (Å²) >= 11 is 6.05. The van der Waals surface area contributed by atoms with Gasteiger partial charge in [-0.15, -0.1) is 0 Å². The molecule has 0 aliphatic rings. The number of nitrogens with zero attached hydrogens (tertiary/aromatic N) is 3. The number of ether oxygens (including phenoxy) is 1. The Morgan fingerprint density at radius 2 is 1.93 bits per heavy atom. The molecule has 8 heteroatoms. The third-order valence-electron chi connectivity index (χ3n) is 4.14. The van der Waals surface area contributed by atoms with E-state index in [1.54, 1.807) is 25.1 Å². The number of rotatable bonds is 4. The zero-order valence-electron chi connectivity index (χ0n) is 14.2. The van der Waals surface area contributed by atoms with E-state index in [-0.39, 0.29) is 18.1 Å². The van der Waals surface area contributed by atoms with Crippen LogP contribution in [0.5, 0.6) is 5.75 Å². The lowest BCUT2D eigenvalue weighted by Crippen LogP contribution is -2.22. The van der Waals surface area contributed by atoms with Gasteiger partial charge in [0.1, 0.15) is 18.1 Å². The molecule has 136 valence electrons. The number of hydrogen-bond acceptors (Lipinski definition) is 4. The maximum absolute atomic E-state index is 14.5. The van der Waals surface area contributed by atoms with Gasteiger partial charge in [0.2, 0.25) is 5.82 Å². The summed E-state index contributed by atoms with van der Waals surface area (Å²) in [6, 6.07) is 14.4. The molecular weight excluding hydrogens is 371 g/mol. The van der Waals surface area contributed by atoms with E-state index in [1.165, 1.54) is 0 Å². The summed E-state index contributed by atoms with van der Waals surface area (Å²) in [5, 5.41) is 3.31. The van der Waals surface area contributed by atoms with Crippen LogP contribution in [0.4, 0.5) is 4.39 Å². The van der Waals surface area contributed by atoms with E-state index in [1.807, 2.05) is 30.3 Å². The fourth-order valence-corrected chi connectivity index (χ4v) is 2.82. The molecule has 2 aromatic heterocycles. The second kappa shape index (κ2) is 6.85. The maximum Gasteiger partial charge on any atom is 0.310 e. The molecule has 0 atom stereocenters. The summed E-state index contributed by atoms with van der Waals surface area (Å²) in [6.45, 7) is 1.58. The number of aromatic nitrogens is 4. The van der Waals surface area contributed by atoms with E-state index in [2.05, 4.69) is 15.1 Å². The van der Waals surface area contributed by atoms with Gasteiger partial charge in [0.15, 0.2) is 5.82 Å². The van der Waals surface area contributed by atoms with Crippen molar-refractivity contribution in [2.75, 3.05) is 0 Å². The quantitative estimate of drug-likeness (QED) is 0.581. The summed E-state index contributed by atoms with van der Waals surface area (Å²) in [7, 11) is 0. The Bertz CT molecular complexity index is 1190. The third kappa shape index (κ3) is 3.17. The zero-order valence-corrected chi connectivity index (χ0v) is 15.0. The van der Waals surface area contributed by atoms with Crippen LogP contribution in [0.1, 0.15) is 11.3 Å². The Morgan fingerprint density at radius 3 is 2.70 bits per heavy atom. The van der Waals surface area contributed by atoms with E-state index in [0.29, 0.717) is 16.6 Å². The molecule has 0 amide bonds. The molecule has 0 radical (unpaired) electrons. The van der Waals surface area contributed by atoms with Crippen molar-refractivity contribution in [1.82, 2.24) is 19.6 Å². The highest BCUT2D eigenvalue weighted by Crippen LogP contribution is 2.25. The molecule has 0 saturated heterocycles. The fourth-order valence-electron chi connectivity index (χ4n) is 2.65. The van der Waals surface area contributed by atoms with Crippen molar-refractivity contribution in [2.45, 2.75) is 13.5 Å². The predicted molar refractivity (Wildman–Crippen MR) is 99.5 cm³/mol. The molecule has 0 saturated carbocycles. The lowest BCUT2D eigenvalue weighted by Gasteiger charge is -2.09. The zero-order chi connectivity index (χ0) is 19.0. The van der Waals surface area contributed by atoms with Gasteiger partial charge in [-0.1, -0.05) is 48.0 Å². The molecule has 0 fully saturated rings. The van der Waals surface area contributed by atoms with Crippen molar-refractivity contribution in [1.29, 1.82) is 0 Å². The van der Waals surface area contributed by atoms with Gasteiger partial charge in [-0.25, -0.2) is 4.98 Å². The first-order chi connectivity index (χ1) is 13.0. The molecule has 4 rings (SSSR count). The van der Waals surface area contributed by atoms with Gasteiger partial charge in [-0.3, -0.25) is 9.89 Å². The van der Waals surface area contributed by atoms with Crippen LogP contribution in [0.3, 0.4) is 0 Å². The smallest absolute Gasteiger partial charge is 0.310 e. The van der Waals surface area contributed by atoms with Crippen molar-refractivity contribution < 1.29 is 9.13 Å². The predicted octanol–water partition coefficient (Wildman–Crippen LogP) is 3.76. The van der Waals surface area contributed by atoms with Crippen LogP contribution in [0, 0.1) is 12.7 Å². The number of aromatic amines is 1. The largest absolute Gasteiger partial charge is 0.487 e. The first kappa shape index (κ1) is 17.2. The summed E-state index contributed by atoms with van der Waals surface area (Å²) < 4.78 is 21.1. The van der Waals surface area contributed by atoms with Gasteiger partial charge in [0, 0.05) is 16.1 Å². The molecule has 1 N–H and O–H groups in total. The summed E-state index contributed by atoms with van der Waals surface area (Å²) in [4.78, 5) is 20.7. The Balaban J connectivity index is 1.70. The molecule has 0 bridgehead atoms. The third-order valence-corrected chi connectivity index (χ3v) is 4.55.